The van der Waals surface area contributed by atoms with Crippen molar-refractivity contribution in [3.63, 3.8) is 0 Å². The van der Waals surface area contributed by atoms with Crippen LogP contribution in [0.15, 0.2) is 54.0 Å². The Bertz CT molecular complexity index is 1580. The Labute approximate surface area is 234 Å². The summed E-state index contributed by atoms with van der Waals surface area (Å²) in [4.78, 5) is 3.70. The number of halogens is 6. The van der Waals surface area contributed by atoms with Crippen LogP contribution in [-0.4, -0.2) is 50.4 Å². The fraction of sp³-hybridized carbons (Fsp3) is 0.280. The van der Waals surface area contributed by atoms with Crippen molar-refractivity contribution in [1.29, 1.82) is 5.41 Å². The average Bonchev–Trinajstić information content (AvgIpc) is 3.60. The van der Waals surface area contributed by atoms with E-state index in [1.165, 1.54) is 54.6 Å². The summed E-state index contributed by atoms with van der Waals surface area (Å²) in [5.74, 6) is 0.196. The van der Waals surface area contributed by atoms with E-state index in [2.05, 4.69) is 20.4 Å². The normalized spacial score (nSPS) is 13.0. The molecule has 4 rings (SSSR count). The minimum Gasteiger partial charge on any atom is -0.618 e. The van der Waals surface area contributed by atoms with Gasteiger partial charge in [-0.05, 0) is 24.6 Å². The van der Waals surface area contributed by atoms with Crippen LogP contribution in [0.4, 0.5) is 22.0 Å². The third kappa shape index (κ3) is 6.34. The number of aromatic nitrogens is 6. The minimum absolute atomic E-state index is 0.0330. The number of hydrogen-bond donors (Lipinski definition) is 1. The number of methoxy groups -OCH3 is 1. The first-order valence-corrected chi connectivity index (χ1v) is 12.3. The van der Waals surface area contributed by atoms with Gasteiger partial charge in [0.05, 0.1) is 49.0 Å². The molecule has 0 aliphatic rings. The smallest absolute Gasteiger partial charge is 0.436 e. The van der Waals surface area contributed by atoms with Gasteiger partial charge in [-0.3, -0.25) is 10.1 Å². The highest BCUT2D eigenvalue weighted by Crippen LogP contribution is 2.37. The molecule has 3 heterocycles. The fourth-order valence-corrected chi connectivity index (χ4v) is 4.41. The monoisotopic (exact) mass is 596 g/mol. The molecule has 1 N–H and O–H groups in total. The van der Waals surface area contributed by atoms with Crippen molar-refractivity contribution in [3.8, 4) is 22.6 Å². The predicted octanol–water partition coefficient (Wildman–Crippen LogP) is 5.50. The molecule has 0 radical (unpaired) electrons. The fourth-order valence-electron chi connectivity index (χ4n) is 4.24. The number of nitrogens with one attached hydrogen (secondary N) is 1. The van der Waals surface area contributed by atoms with Crippen molar-refractivity contribution in [1.82, 2.24) is 24.8 Å². The van der Waals surface area contributed by atoms with Gasteiger partial charge in [-0.25, -0.2) is 18.5 Å². The topological polar surface area (TPSA) is 121 Å². The Morgan fingerprint density at radius 1 is 1.24 bits per heavy atom. The quantitative estimate of drug-likeness (QED) is 0.0852. The van der Waals surface area contributed by atoms with E-state index in [0.29, 0.717) is 23.7 Å². The number of hydrogen-bond acceptors (Lipinski definition) is 6. The van der Waals surface area contributed by atoms with Crippen LogP contribution in [0.5, 0.6) is 5.75 Å². The van der Waals surface area contributed by atoms with Gasteiger partial charge >= 0.3 is 6.18 Å². The Balaban J connectivity index is 1.79. The molecule has 0 unspecified atom stereocenters. The molecule has 3 aromatic heterocycles. The molecule has 0 saturated carbocycles. The van der Waals surface area contributed by atoms with E-state index < -0.39 is 30.8 Å². The molecule has 4 aromatic rings. The molecule has 1 aromatic carbocycles. The number of rotatable bonds is 10. The molecule has 10 nitrogen and oxygen atoms in total. The third-order valence-electron chi connectivity index (χ3n) is 6.09. The second-order valence-corrected chi connectivity index (χ2v) is 9.08. The zero-order valence-corrected chi connectivity index (χ0v) is 22.2. The first-order chi connectivity index (χ1) is 19.5. The number of nitrogens with zero attached hydrogens (tertiary/aromatic N) is 7. The maximum Gasteiger partial charge on any atom is 0.436 e. The molecule has 41 heavy (non-hydrogen) atoms. The third-order valence-corrected chi connectivity index (χ3v) is 6.33. The molecule has 0 spiro atoms. The van der Waals surface area contributed by atoms with Crippen molar-refractivity contribution in [2.24, 2.45) is 4.99 Å². The van der Waals surface area contributed by atoms with E-state index in [0.717, 1.165) is 4.68 Å². The van der Waals surface area contributed by atoms with Gasteiger partial charge in [0.15, 0.2) is 11.9 Å². The molecule has 16 heteroatoms. The molecule has 0 saturated heterocycles. The lowest BCUT2D eigenvalue weighted by molar-refractivity contribution is -0.615. The van der Waals surface area contributed by atoms with Crippen LogP contribution in [0.25, 0.3) is 16.8 Å². The van der Waals surface area contributed by atoms with E-state index in [9.17, 15) is 27.2 Å². The summed E-state index contributed by atoms with van der Waals surface area (Å²) in [5.41, 5.74) is -0.169. The average molecular weight is 597 g/mol. The van der Waals surface area contributed by atoms with Crippen molar-refractivity contribution in [2.75, 3.05) is 7.11 Å². The number of benzene rings is 1. The number of aliphatic imine (C=N–C) groups is 1. The van der Waals surface area contributed by atoms with Crippen LogP contribution in [0.3, 0.4) is 0 Å². The van der Waals surface area contributed by atoms with Crippen LogP contribution in [0.2, 0.25) is 5.02 Å². The van der Waals surface area contributed by atoms with E-state index in [1.807, 2.05) is 0 Å². The first-order valence-electron chi connectivity index (χ1n) is 12.0. The van der Waals surface area contributed by atoms with Gasteiger partial charge in [0, 0.05) is 22.3 Å². The summed E-state index contributed by atoms with van der Waals surface area (Å²) in [6, 6.07) is 5.13. The lowest BCUT2D eigenvalue weighted by atomic mass is 10.0. The van der Waals surface area contributed by atoms with Gasteiger partial charge in [0.1, 0.15) is 18.1 Å². The molecule has 0 amide bonds. The number of ether oxygens (including phenoxy) is 1. The molecule has 0 bridgehead atoms. The van der Waals surface area contributed by atoms with E-state index >= 15 is 0 Å². The molecular formula is C25H22ClF5N8O2. The largest absolute Gasteiger partial charge is 0.618 e. The lowest BCUT2D eigenvalue weighted by Crippen LogP contribution is -2.35. The highest BCUT2D eigenvalue weighted by molar-refractivity contribution is 6.31. The second-order valence-electron chi connectivity index (χ2n) is 8.65. The Morgan fingerprint density at radius 3 is 2.61 bits per heavy atom. The van der Waals surface area contributed by atoms with Gasteiger partial charge < -0.3 is 9.94 Å². The summed E-state index contributed by atoms with van der Waals surface area (Å²) < 4.78 is 73.9. The summed E-state index contributed by atoms with van der Waals surface area (Å²) in [6.45, 7) is 1.79. The van der Waals surface area contributed by atoms with Crippen molar-refractivity contribution < 1.29 is 31.4 Å². The summed E-state index contributed by atoms with van der Waals surface area (Å²) in [7, 11) is 1.36. The zero-order valence-electron chi connectivity index (χ0n) is 21.5. The zero-order chi connectivity index (χ0) is 29.9. The molecule has 0 aliphatic heterocycles. The standard InChI is InChI=1S/C25H22ClF5N8O2/c1-3-19(37-10-14(9-34-37)18(33-13-32)7-24(27)28)21-8-22(41-2)17(11-39(21)40)16-6-15(26)4-5-20(16)38-12-23(35-36-38)25(29,30)31/h4-6,8-13,19,24,32H,3,7H2,1-2H3/t19-/m0/s1. The Kier molecular flexibility index (Phi) is 8.66. The Hall–Kier alpha value is -4.40. The van der Waals surface area contributed by atoms with Gasteiger partial charge in [-0.2, -0.15) is 23.0 Å². The maximum absolute atomic E-state index is 13.4. The van der Waals surface area contributed by atoms with Crippen LogP contribution in [0, 0.1) is 10.6 Å². The number of alkyl halides is 5. The summed E-state index contributed by atoms with van der Waals surface area (Å²) >= 11 is 6.20. The van der Waals surface area contributed by atoms with Crippen LogP contribution in [0.1, 0.15) is 42.8 Å². The van der Waals surface area contributed by atoms with Crippen LogP contribution in [-0.2, 0) is 6.18 Å². The van der Waals surface area contributed by atoms with Crippen molar-refractivity contribution >= 4 is 23.7 Å². The Morgan fingerprint density at radius 2 is 2.00 bits per heavy atom. The maximum atomic E-state index is 13.4. The van der Waals surface area contributed by atoms with Crippen molar-refractivity contribution in [2.45, 2.75) is 38.4 Å². The molecular weight excluding hydrogens is 575 g/mol. The van der Waals surface area contributed by atoms with Gasteiger partial charge in [0.25, 0.3) is 0 Å². The SMILES string of the molecule is CC[C@@H](c1cc(OC)c(-c2cc(Cl)ccc2-n2cc(C(F)(F)F)nn2)c[n+]1[O-])n1cc(C(CC(F)F)=NC=N)cn1. The molecule has 0 aliphatic carbocycles. The number of pyridine rings is 1. The highest BCUT2D eigenvalue weighted by atomic mass is 35.5. The first kappa shape index (κ1) is 29.6. The van der Waals surface area contributed by atoms with Crippen molar-refractivity contribution in [3.05, 3.63) is 76.2 Å². The van der Waals surface area contributed by atoms with Crippen LogP contribution < -0.4 is 9.47 Å². The van der Waals surface area contributed by atoms with E-state index in [-0.39, 0.29) is 44.6 Å². The molecule has 1 atom stereocenters. The predicted molar refractivity (Wildman–Crippen MR) is 139 cm³/mol. The second kappa shape index (κ2) is 12.0. The summed E-state index contributed by atoms with van der Waals surface area (Å²) in [6.07, 6.45) is -2.38. The van der Waals surface area contributed by atoms with Gasteiger partial charge in [0.2, 0.25) is 12.1 Å². The van der Waals surface area contributed by atoms with E-state index in [1.54, 1.807) is 6.92 Å². The molecule has 0 fully saturated rings. The van der Waals surface area contributed by atoms with Crippen LogP contribution >= 0.6 is 11.6 Å². The molecule has 216 valence electrons. The minimum atomic E-state index is -4.71. The highest BCUT2D eigenvalue weighted by Gasteiger charge is 2.35. The summed E-state index contributed by atoms with van der Waals surface area (Å²) in [5, 5.41) is 31.8. The van der Waals surface area contributed by atoms with Gasteiger partial charge in [-0.15, -0.1) is 5.10 Å². The van der Waals surface area contributed by atoms with Gasteiger partial charge in [-0.1, -0.05) is 23.7 Å². The van der Waals surface area contributed by atoms with E-state index in [4.69, 9.17) is 21.7 Å². The lowest BCUT2D eigenvalue weighted by Gasteiger charge is -2.19.